The Morgan fingerprint density at radius 2 is 1.62 bits per heavy atom. The molecule has 0 aliphatic rings. The van der Waals surface area contributed by atoms with Crippen molar-refractivity contribution < 1.29 is 38.5 Å². The third-order valence-electron chi connectivity index (χ3n) is 2.28. The minimum absolute atomic E-state index is 0.0763. The largest absolute Gasteiger partial charge is 0.464 e. The number of halogens is 1. The fraction of sp³-hybridized carbons (Fsp3) is 0.750. The Balaban J connectivity index is 4.53. The summed E-state index contributed by atoms with van der Waals surface area (Å²) in [5.74, 6) is -4.10. The van der Waals surface area contributed by atoms with Crippen LogP contribution in [0, 0.1) is 0 Å². The van der Waals surface area contributed by atoms with Crippen LogP contribution >= 0.6 is 0 Å². The Labute approximate surface area is 121 Å². The second kappa shape index (κ2) is 8.01. The van der Waals surface area contributed by atoms with Gasteiger partial charge in [-0.25, -0.2) is 18.8 Å². The van der Waals surface area contributed by atoms with Crippen molar-refractivity contribution in [2.75, 3.05) is 6.61 Å². The van der Waals surface area contributed by atoms with Crippen LogP contribution in [0.5, 0.6) is 0 Å². The molecule has 9 heteroatoms. The summed E-state index contributed by atoms with van der Waals surface area (Å²) in [5, 5.41) is 18.7. The maximum atomic E-state index is 13.3. The molecule has 122 valence electrons. The van der Waals surface area contributed by atoms with Crippen molar-refractivity contribution in [3.63, 3.8) is 0 Å². The zero-order valence-corrected chi connectivity index (χ0v) is 12.0. The molecule has 0 heterocycles. The maximum Gasteiger partial charge on any atom is 0.346 e. The third kappa shape index (κ3) is 7.11. The third-order valence-corrected chi connectivity index (χ3v) is 2.28. The van der Waals surface area contributed by atoms with Gasteiger partial charge in [0.05, 0.1) is 6.61 Å². The number of alkyl halides is 1. The van der Waals surface area contributed by atoms with Crippen LogP contribution < -0.4 is 5.73 Å². The molecule has 0 aromatic carbocycles. The number of carbonyl (C=O) groups is 3. The summed E-state index contributed by atoms with van der Waals surface area (Å²) in [4.78, 5) is 33.9. The van der Waals surface area contributed by atoms with E-state index in [1.165, 1.54) is 20.8 Å². The fourth-order valence-corrected chi connectivity index (χ4v) is 1.33. The molecule has 0 radical (unpaired) electrons. The minimum atomic E-state index is -2.31. The molecule has 0 aromatic heterocycles. The fourth-order valence-electron chi connectivity index (χ4n) is 1.33. The molecule has 0 aliphatic heterocycles. The standard InChI is InChI=1S/C12H20FNO7/c1-4-20-10(18)7(15)8(16)11(19)21-9(17)6(14)5-12(2,3)13/h6-8,15-16H,4-5,14H2,1-3H3/t6-,7?,8?/m0/s1. The SMILES string of the molecule is CCOC(=O)C(O)C(O)C(=O)OC(=O)[C@@H](N)CC(C)(C)F. The first-order chi connectivity index (χ1) is 9.49. The van der Waals surface area contributed by atoms with Gasteiger partial charge in [-0.3, -0.25) is 0 Å². The predicted octanol–water partition coefficient (Wildman–Crippen LogP) is -1.19. The number of aliphatic hydroxyl groups is 2. The summed E-state index contributed by atoms with van der Waals surface area (Å²) in [7, 11) is 0. The van der Waals surface area contributed by atoms with Gasteiger partial charge in [-0.15, -0.1) is 0 Å². The van der Waals surface area contributed by atoms with Crippen molar-refractivity contribution in [2.24, 2.45) is 5.73 Å². The Morgan fingerprint density at radius 3 is 2.05 bits per heavy atom. The molecule has 3 atom stereocenters. The van der Waals surface area contributed by atoms with E-state index in [1.807, 2.05) is 0 Å². The Bertz CT molecular complexity index is 394. The molecular weight excluding hydrogens is 289 g/mol. The lowest BCUT2D eigenvalue weighted by molar-refractivity contribution is -0.178. The van der Waals surface area contributed by atoms with Crippen molar-refractivity contribution in [1.29, 1.82) is 0 Å². The molecule has 21 heavy (non-hydrogen) atoms. The van der Waals surface area contributed by atoms with E-state index in [4.69, 9.17) is 5.73 Å². The molecule has 0 rings (SSSR count). The Hall–Kier alpha value is -1.58. The topological polar surface area (TPSA) is 136 Å². The molecule has 0 saturated carbocycles. The summed E-state index contributed by atoms with van der Waals surface area (Å²) >= 11 is 0. The van der Waals surface area contributed by atoms with Crippen LogP contribution in [-0.4, -0.2) is 58.6 Å². The van der Waals surface area contributed by atoms with E-state index in [0.717, 1.165) is 0 Å². The van der Waals surface area contributed by atoms with Gasteiger partial charge in [-0.2, -0.15) is 0 Å². The minimum Gasteiger partial charge on any atom is -0.464 e. The average molecular weight is 309 g/mol. The Morgan fingerprint density at radius 1 is 1.14 bits per heavy atom. The molecule has 0 aliphatic carbocycles. The molecular formula is C12H20FNO7. The van der Waals surface area contributed by atoms with E-state index in [-0.39, 0.29) is 6.61 Å². The lowest BCUT2D eigenvalue weighted by Crippen LogP contribution is -2.45. The van der Waals surface area contributed by atoms with Gasteiger partial charge < -0.3 is 25.4 Å². The monoisotopic (exact) mass is 309 g/mol. The van der Waals surface area contributed by atoms with Gasteiger partial charge in [0.1, 0.15) is 11.7 Å². The van der Waals surface area contributed by atoms with Crippen LogP contribution in [0.25, 0.3) is 0 Å². The number of aliphatic hydroxyl groups excluding tert-OH is 2. The van der Waals surface area contributed by atoms with E-state index in [1.54, 1.807) is 0 Å². The molecule has 0 fully saturated rings. The van der Waals surface area contributed by atoms with Crippen LogP contribution in [0.15, 0.2) is 0 Å². The van der Waals surface area contributed by atoms with Crippen molar-refractivity contribution >= 4 is 17.9 Å². The first-order valence-electron chi connectivity index (χ1n) is 6.22. The van der Waals surface area contributed by atoms with E-state index < -0.39 is 48.2 Å². The first kappa shape index (κ1) is 19.4. The highest BCUT2D eigenvalue weighted by Crippen LogP contribution is 2.16. The van der Waals surface area contributed by atoms with E-state index in [9.17, 15) is 29.0 Å². The number of hydrogen-bond donors (Lipinski definition) is 3. The predicted molar refractivity (Wildman–Crippen MR) is 67.5 cm³/mol. The van der Waals surface area contributed by atoms with Gasteiger partial charge in [0.2, 0.25) is 0 Å². The summed E-state index contributed by atoms with van der Waals surface area (Å²) in [6.07, 6.45) is -4.91. The van der Waals surface area contributed by atoms with Crippen LogP contribution in [0.1, 0.15) is 27.2 Å². The smallest absolute Gasteiger partial charge is 0.346 e. The number of esters is 3. The van der Waals surface area contributed by atoms with Crippen molar-refractivity contribution in [1.82, 2.24) is 0 Å². The zero-order chi connectivity index (χ0) is 16.8. The second-order valence-corrected chi connectivity index (χ2v) is 4.91. The van der Waals surface area contributed by atoms with Crippen LogP contribution in [-0.2, 0) is 23.9 Å². The quantitative estimate of drug-likeness (QED) is 0.394. The van der Waals surface area contributed by atoms with Gasteiger partial charge in [0.25, 0.3) is 0 Å². The van der Waals surface area contributed by atoms with Crippen LogP contribution in [0.3, 0.4) is 0 Å². The summed E-state index contributed by atoms with van der Waals surface area (Å²) in [6, 6.07) is -1.43. The first-order valence-corrected chi connectivity index (χ1v) is 6.22. The normalized spacial score (nSPS) is 15.8. The van der Waals surface area contributed by atoms with Crippen molar-refractivity contribution in [3.8, 4) is 0 Å². The average Bonchev–Trinajstić information content (AvgIpc) is 2.34. The van der Waals surface area contributed by atoms with Gasteiger partial charge in [-0.05, 0) is 20.8 Å². The van der Waals surface area contributed by atoms with E-state index in [2.05, 4.69) is 9.47 Å². The summed E-state index contributed by atoms with van der Waals surface area (Å²) < 4.78 is 21.9. The highest BCUT2D eigenvalue weighted by molar-refractivity contribution is 5.93. The zero-order valence-electron chi connectivity index (χ0n) is 12.0. The second-order valence-electron chi connectivity index (χ2n) is 4.91. The lowest BCUT2D eigenvalue weighted by Gasteiger charge is -2.19. The van der Waals surface area contributed by atoms with E-state index >= 15 is 0 Å². The van der Waals surface area contributed by atoms with Crippen molar-refractivity contribution in [2.45, 2.75) is 51.1 Å². The number of carbonyl (C=O) groups excluding carboxylic acids is 3. The molecule has 0 bridgehead atoms. The van der Waals surface area contributed by atoms with Crippen molar-refractivity contribution in [3.05, 3.63) is 0 Å². The number of ether oxygens (including phenoxy) is 2. The number of nitrogens with two attached hydrogens (primary N) is 1. The van der Waals surface area contributed by atoms with Crippen LogP contribution in [0.4, 0.5) is 4.39 Å². The van der Waals surface area contributed by atoms with Gasteiger partial charge in [-0.1, -0.05) is 0 Å². The van der Waals surface area contributed by atoms with E-state index in [0.29, 0.717) is 0 Å². The molecule has 0 amide bonds. The Kier molecular flexibility index (Phi) is 7.41. The molecule has 8 nitrogen and oxygen atoms in total. The van der Waals surface area contributed by atoms with Gasteiger partial charge in [0.15, 0.2) is 12.2 Å². The molecule has 0 saturated heterocycles. The number of rotatable bonds is 7. The summed E-state index contributed by atoms with van der Waals surface area (Å²) in [5.41, 5.74) is 3.57. The van der Waals surface area contributed by atoms with Gasteiger partial charge >= 0.3 is 17.9 Å². The molecule has 0 spiro atoms. The van der Waals surface area contributed by atoms with Gasteiger partial charge in [0, 0.05) is 6.42 Å². The highest BCUT2D eigenvalue weighted by atomic mass is 19.1. The number of hydrogen-bond acceptors (Lipinski definition) is 8. The molecule has 4 N–H and O–H groups in total. The lowest BCUT2D eigenvalue weighted by atomic mass is 10.0. The maximum absolute atomic E-state index is 13.3. The molecule has 0 aromatic rings. The summed E-state index contributed by atoms with van der Waals surface area (Å²) in [6.45, 7) is 3.74. The van der Waals surface area contributed by atoms with Crippen LogP contribution in [0.2, 0.25) is 0 Å². The molecule has 2 unspecified atom stereocenters. The highest BCUT2D eigenvalue weighted by Gasteiger charge is 2.35.